The first-order valence-electron chi connectivity index (χ1n) is 27.4. The van der Waals surface area contributed by atoms with Crippen molar-refractivity contribution >= 4 is 55.7 Å². The van der Waals surface area contributed by atoms with Gasteiger partial charge >= 0.3 is 451 Å². The fourth-order valence-electron chi connectivity index (χ4n) is 13.8. The Morgan fingerprint density at radius 2 is 0.841 bits per heavy atom. The third-order valence-corrected chi connectivity index (χ3v) is 60.5. The van der Waals surface area contributed by atoms with Crippen LogP contribution in [0.4, 0.5) is 0 Å². The number of benzene rings is 4. The molecule has 2 unspecified atom stereocenters. The molecule has 0 bridgehead atoms. The second-order valence-electron chi connectivity index (χ2n) is 24.6. The molecule has 4 aliphatic carbocycles. The van der Waals surface area contributed by atoms with Crippen molar-refractivity contribution in [3.63, 3.8) is 0 Å². The molecule has 7 heteroatoms. The van der Waals surface area contributed by atoms with E-state index in [4.69, 9.17) is 34.1 Å². The SMILES string of the molecule is CCCC1(CC2=Cc3c(-c4ccc(C(C)(C)C)cc4)cccc3[CH]2[Zr]([Cl])([Cl])[CH2][SiH2][CH2][Zr]([Cl])([Cl])[CH]2C(CC3(CCC)CCCCCC3)=Cc3c(-c4ccc(C(C)(C)C)cc4)cccc32)CCCCCC1. The van der Waals surface area contributed by atoms with Gasteiger partial charge in [0.2, 0.25) is 0 Å². The number of halogens is 4. The normalized spacial score (nSPS) is 20.9. The van der Waals surface area contributed by atoms with Crippen molar-refractivity contribution in [2.24, 2.45) is 10.8 Å². The molecule has 0 spiro atoms. The Morgan fingerprint density at radius 1 is 0.493 bits per heavy atom. The van der Waals surface area contributed by atoms with Gasteiger partial charge in [-0.25, -0.2) is 0 Å². The fraction of sp³-hybridized carbons (Fsp3) is 0.548. The Bertz CT molecular complexity index is 2260. The summed E-state index contributed by atoms with van der Waals surface area (Å²) in [6, 6.07) is 32.7. The third kappa shape index (κ3) is 12.6. The topological polar surface area (TPSA) is 0 Å². The molecule has 372 valence electrons. The Hall–Kier alpha value is -0.497. The molecule has 0 aliphatic heterocycles. The second kappa shape index (κ2) is 22.8. The van der Waals surface area contributed by atoms with E-state index in [-0.39, 0.29) is 18.1 Å². The zero-order valence-corrected chi connectivity index (χ0v) is 53.1. The number of fused-ring (bicyclic) bond motifs is 2. The Kier molecular flexibility index (Phi) is 18.1. The number of hydrogen-bond donors (Lipinski definition) is 0. The molecule has 0 aromatic heterocycles. The molecule has 2 saturated carbocycles. The van der Waals surface area contributed by atoms with E-state index >= 15 is 0 Å². The molecule has 4 aromatic rings. The van der Waals surface area contributed by atoms with Crippen molar-refractivity contribution < 1.29 is 35.8 Å². The average molecular weight is 1180 g/mol. The molecule has 0 radical (unpaired) electrons. The molecule has 0 nitrogen and oxygen atoms in total. The molecule has 2 fully saturated rings. The molecular weight excluding hydrogens is 1100 g/mol. The fourth-order valence-corrected chi connectivity index (χ4v) is 58.4. The maximum atomic E-state index is 8.23. The monoisotopic (exact) mass is 1180 g/mol. The van der Waals surface area contributed by atoms with Gasteiger partial charge in [-0.2, -0.15) is 0 Å². The minimum absolute atomic E-state index is 0.109. The van der Waals surface area contributed by atoms with Crippen LogP contribution in [-0.4, -0.2) is 9.52 Å². The Balaban J connectivity index is 1.12. The van der Waals surface area contributed by atoms with Crippen molar-refractivity contribution in [2.75, 3.05) is 0 Å². The molecule has 0 heterocycles. The Labute approximate surface area is 445 Å². The van der Waals surface area contributed by atoms with Crippen molar-refractivity contribution in [3.05, 3.63) is 129 Å². The summed E-state index contributed by atoms with van der Waals surface area (Å²) in [7, 11) is 32.1. The van der Waals surface area contributed by atoms with Crippen LogP contribution in [0.15, 0.2) is 96.1 Å². The number of allylic oxidation sites excluding steroid dienone is 2. The van der Waals surface area contributed by atoms with Gasteiger partial charge in [0.1, 0.15) is 0 Å². The van der Waals surface area contributed by atoms with E-state index in [0.29, 0.717) is 10.8 Å². The van der Waals surface area contributed by atoms with Gasteiger partial charge in [0.05, 0.1) is 0 Å². The van der Waals surface area contributed by atoms with E-state index in [0.717, 1.165) is 20.3 Å². The van der Waals surface area contributed by atoms with Crippen LogP contribution < -0.4 is 0 Å². The van der Waals surface area contributed by atoms with Gasteiger partial charge in [-0.05, 0) is 0 Å². The van der Waals surface area contributed by atoms with Crippen molar-refractivity contribution in [3.8, 4) is 22.3 Å². The molecule has 69 heavy (non-hydrogen) atoms. The van der Waals surface area contributed by atoms with E-state index in [9.17, 15) is 0 Å². The van der Waals surface area contributed by atoms with E-state index in [1.54, 1.807) is 11.1 Å². The minimum atomic E-state index is -3.93. The molecule has 0 saturated heterocycles. The van der Waals surface area contributed by atoms with Crippen molar-refractivity contribution in [1.29, 1.82) is 0 Å². The second-order valence-corrected chi connectivity index (χ2v) is 62.3. The van der Waals surface area contributed by atoms with Gasteiger partial charge in [-0.3, -0.25) is 0 Å². The van der Waals surface area contributed by atoms with Gasteiger partial charge in [-0.1, -0.05) is 0 Å². The molecule has 4 aromatic carbocycles. The number of hydrogen-bond acceptors (Lipinski definition) is 0. The first-order valence-corrected chi connectivity index (χ1v) is 48.4. The summed E-state index contributed by atoms with van der Waals surface area (Å²) < 4.78 is 2.32. The summed E-state index contributed by atoms with van der Waals surface area (Å²) in [5.41, 5.74) is 17.4. The Morgan fingerprint density at radius 3 is 1.16 bits per heavy atom. The summed E-state index contributed by atoms with van der Waals surface area (Å²) in [4.78, 5) is 0. The first-order chi connectivity index (χ1) is 32.8. The van der Waals surface area contributed by atoms with Crippen LogP contribution in [0.25, 0.3) is 34.4 Å². The predicted octanol–water partition coefficient (Wildman–Crippen LogP) is 21.1. The molecule has 0 amide bonds. The van der Waals surface area contributed by atoms with Gasteiger partial charge in [0.25, 0.3) is 0 Å². The molecular formula is C62H84Cl4SiZr2. The van der Waals surface area contributed by atoms with Crippen LogP contribution in [0.5, 0.6) is 0 Å². The summed E-state index contributed by atoms with van der Waals surface area (Å²) >= 11 is -7.85. The average Bonchev–Trinajstić information content (AvgIpc) is 3.66. The summed E-state index contributed by atoms with van der Waals surface area (Å²) in [5, 5.41) is 0. The van der Waals surface area contributed by atoms with Gasteiger partial charge in [0.15, 0.2) is 0 Å². The van der Waals surface area contributed by atoms with E-state index in [1.165, 1.54) is 158 Å². The van der Waals surface area contributed by atoms with Gasteiger partial charge < -0.3 is 0 Å². The molecule has 0 N–H and O–H groups in total. The van der Waals surface area contributed by atoms with Gasteiger partial charge in [0, 0.05) is 0 Å². The standard InChI is InChI=1S/2C30H39.C2H6Si.4ClH.2Zr/c2*1-5-17-30(18-8-6-7-9-19-30)22-23-20-25-11-10-12-27(28(25)21-23)24-13-15-26(16-14-24)29(2,3)4;1-3-2;;;;;;/h2*10-16,20-21H,5-9,17-19,22H2,1-4H3;1-3H2;4*1H;;/q;;;;;;;2*+2/p-4. The quantitative estimate of drug-likeness (QED) is 0.0775. The molecule has 8 rings (SSSR count). The van der Waals surface area contributed by atoms with Crippen molar-refractivity contribution in [2.45, 2.75) is 197 Å². The van der Waals surface area contributed by atoms with E-state index in [1.807, 2.05) is 0 Å². The predicted molar refractivity (Wildman–Crippen MR) is 303 cm³/mol. The van der Waals surface area contributed by atoms with Crippen LogP contribution in [0, 0.1) is 10.8 Å². The molecule has 2 atom stereocenters. The summed E-state index contributed by atoms with van der Waals surface area (Å²) in [6.07, 6.45) is 28.6. The van der Waals surface area contributed by atoms with E-state index < -0.39 is 45.3 Å². The zero-order valence-electron chi connectivity index (χ0n) is 43.8. The van der Waals surface area contributed by atoms with Crippen LogP contribution in [0.1, 0.15) is 212 Å². The van der Waals surface area contributed by atoms with Crippen LogP contribution in [-0.2, 0) is 46.6 Å². The summed E-state index contributed by atoms with van der Waals surface area (Å²) in [6.45, 7) is 18.6. The maximum absolute atomic E-state index is 8.23. The third-order valence-electron chi connectivity index (χ3n) is 17.3. The van der Waals surface area contributed by atoms with Crippen molar-refractivity contribution in [1.82, 2.24) is 0 Å². The van der Waals surface area contributed by atoms with E-state index in [2.05, 4.69) is 152 Å². The van der Waals surface area contributed by atoms with Crippen LogP contribution in [0.3, 0.4) is 0 Å². The van der Waals surface area contributed by atoms with Crippen LogP contribution in [0.2, 0.25) is 7.50 Å². The summed E-state index contributed by atoms with van der Waals surface area (Å²) in [5.74, 6) is 0. The van der Waals surface area contributed by atoms with Gasteiger partial charge in [-0.15, -0.1) is 0 Å². The molecule has 4 aliphatic rings. The number of rotatable bonds is 16. The van der Waals surface area contributed by atoms with Crippen LogP contribution >= 0.6 is 34.1 Å². The first kappa shape index (κ1) is 54.8. The zero-order chi connectivity index (χ0) is 49.2.